The second-order valence-electron chi connectivity index (χ2n) is 4.44. The van der Waals surface area contributed by atoms with Gasteiger partial charge in [-0.15, -0.1) is 11.6 Å². The number of alkyl halides is 1. The van der Waals surface area contributed by atoms with Crippen LogP contribution in [0, 0.1) is 5.92 Å². The van der Waals surface area contributed by atoms with Gasteiger partial charge in [-0.3, -0.25) is 0 Å². The van der Waals surface area contributed by atoms with Gasteiger partial charge in [0.2, 0.25) is 6.79 Å². The van der Waals surface area contributed by atoms with Crippen molar-refractivity contribution in [3.8, 4) is 11.5 Å². The average molecular weight is 241 g/mol. The molecule has 1 aromatic carbocycles. The minimum absolute atomic E-state index is 0.334. The van der Waals surface area contributed by atoms with Gasteiger partial charge in [-0.05, 0) is 36.0 Å². The van der Waals surface area contributed by atoms with Crippen molar-refractivity contribution in [1.82, 2.24) is 0 Å². The van der Waals surface area contributed by atoms with Crippen LogP contribution >= 0.6 is 11.6 Å². The van der Waals surface area contributed by atoms with Crippen molar-refractivity contribution in [2.24, 2.45) is 5.92 Å². The number of ether oxygens (including phenoxy) is 2. The molecule has 0 amide bonds. The molecule has 2 nitrogen and oxygen atoms in total. The summed E-state index contributed by atoms with van der Waals surface area (Å²) in [4.78, 5) is 0. The number of benzene rings is 1. The predicted octanol–water partition coefficient (Wildman–Crippen LogP) is 3.78. The summed E-state index contributed by atoms with van der Waals surface area (Å²) in [5, 5.41) is 0. The molecule has 1 heterocycles. The zero-order valence-corrected chi connectivity index (χ0v) is 10.5. The Morgan fingerprint density at radius 3 is 2.69 bits per heavy atom. The number of fused-ring (bicyclic) bond motifs is 1. The first-order valence-electron chi connectivity index (χ1n) is 5.68. The molecule has 0 saturated carbocycles. The highest BCUT2D eigenvalue weighted by Crippen LogP contribution is 2.37. The average Bonchev–Trinajstić information content (AvgIpc) is 2.72. The first-order chi connectivity index (χ1) is 7.72. The lowest BCUT2D eigenvalue weighted by molar-refractivity contribution is 0.174. The van der Waals surface area contributed by atoms with Crippen LogP contribution in [-0.2, 0) is 0 Å². The Morgan fingerprint density at radius 2 is 2.00 bits per heavy atom. The summed E-state index contributed by atoms with van der Waals surface area (Å²) in [5.74, 6) is 3.47. The minimum atomic E-state index is 0.334. The quantitative estimate of drug-likeness (QED) is 0.746. The molecule has 0 bridgehead atoms. The van der Waals surface area contributed by atoms with Gasteiger partial charge < -0.3 is 9.47 Å². The van der Waals surface area contributed by atoms with Crippen LogP contribution in [-0.4, -0.2) is 12.7 Å². The Labute approximate surface area is 102 Å². The first kappa shape index (κ1) is 11.6. The largest absolute Gasteiger partial charge is 0.454 e. The molecule has 0 radical (unpaired) electrons. The molecular formula is C13H17ClO2. The van der Waals surface area contributed by atoms with E-state index in [0.717, 1.165) is 17.9 Å². The molecule has 2 rings (SSSR count). The predicted molar refractivity (Wildman–Crippen MR) is 65.5 cm³/mol. The van der Waals surface area contributed by atoms with E-state index in [1.807, 2.05) is 6.07 Å². The molecule has 16 heavy (non-hydrogen) atoms. The van der Waals surface area contributed by atoms with Crippen molar-refractivity contribution in [3.05, 3.63) is 23.8 Å². The molecule has 1 unspecified atom stereocenters. The standard InChI is InChI=1S/C13H17ClO2/c1-9(2)11(5-6-14)10-3-4-12-13(7-10)16-8-15-12/h3-4,7,9,11H,5-6,8H2,1-2H3. The van der Waals surface area contributed by atoms with Crippen molar-refractivity contribution < 1.29 is 9.47 Å². The van der Waals surface area contributed by atoms with Crippen LogP contribution < -0.4 is 9.47 Å². The van der Waals surface area contributed by atoms with Crippen LogP contribution in [0.25, 0.3) is 0 Å². The zero-order chi connectivity index (χ0) is 11.5. The van der Waals surface area contributed by atoms with E-state index in [2.05, 4.69) is 26.0 Å². The third kappa shape index (κ3) is 2.27. The first-order valence-corrected chi connectivity index (χ1v) is 6.21. The van der Waals surface area contributed by atoms with E-state index >= 15 is 0 Å². The molecule has 1 aromatic rings. The van der Waals surface area contributed by atoms with Crippen LogP contribution in [0.2, 0.25) is 0 Å². The summed E-state index contributed by atoms with van der Waals surface area (Å²) in [6, 6.07) is 6.19. The minimum Gasteiger partial charge on any atom is -0.454 e. The highest BCUT2D eigenvalue weighted by atomic mass is 35.5. The van der Waals surface area contributed by atoms with E-state index in [4.69, 9.17) is 21.1 Å². The maximum Gasteiger partial charge on any atom is 0.231 e. The van der Waals surface area contributed by atoms with Crippen LogP contribution in [0.4, 0.5) is 0 Å². The van der Waals surface area contributed by atoms with Crippen molar-refractivity contribution in [2.45, 2.75) is 26.2 Å². The van der Waals surface area contributed by atoms with Gasteiger partial charge in [0.1, 0.15) is 0 Å². The van der Waals surface area contributed by atoms with Gasteiger partial charge in [0, 0.05) is 5.88 Å². The fourth-order valence-electron chi connectivity index (χ4n) is 2.15. The summed E-state index contributed by atoms with van der Waals surface area (Å²) in [7, 11) is 0. The Kier molecular flexibility index (Phi) is 3.59. The molecule has 88 valence electrons. The maximum absolute atomic E-state index is 5.85. The fourth-order valence-corrected chi connectivity index (χ4v) is 2.38. The summed E-state index contributed by atoms with van der Waals surface area (Å²) in [5.41, 5.74) is 1.29. The molecule has 1 atom stereocenters. The lowest BCUT2D eigenvalue weighted by atomic mass is 9.86. The highest BCUT2D eigenvalue weighted by molar-refractivity contribution is 6.17. The number of halogens is 1. The van der Waals surface area contributed by atoms with Gasteiger partial charge in [-0.2, -0.15) is 0 Å². The van der Waals surface area contributed by atoms with Crippen molar-refractivity contribution in [2.75, 3.05) is 12.7 Å². The number of hydrogen-bond donors (Lipinski definition) is 0. The Morgan fingerprint density at radius 1 is 1.25 bits per heavy atom. The maximum atomic E-state index is 5.85. The van der Waals surface area contributed by atoms with Crippen LogP contribution in [0.5, 0.6) is 11.5 Å². The van der Waals surface area contributed by atoms with Gasteiger partial charge in [-0.25, -0.2) is 0 Å². The molecule has 0 N–H and O–H groups in total. The third-order valence-electron chi connectivity index (χ3n) is 3.05. The summed E-state index contributed by atoms with van der Waals surface area (Å²) in [6.07, 6.45) is 0.999. The fraction of sp³-hybridized carbons (Fsp3) is 0.538. The lowest BCUT2D eigenvalue weighted by Gasteiger charge is -2.20. The number of rotatable bonds is 4. The van der Waals surface area contributed by atoms with Crippen molar-refractivity contribution in [3.63, 3.8) is 0 Å². The van der Waals surface area contributed by atoms with Gasteiger partial charge in [0.15, 0.2) is 11.5 Å². The van der Waals surface area contributed by atoms with E-state index in [1.165, 1.54) is 5.56 Å². The molecule has 3 heteroatoms. The third-order valence-corrected chi connectivity index (χ3v) is 3.27. The van der Waals surface area contributed by atoms with E-state index in [0.29, 0.717) is 24.5 Å². The zero-order valence-electron chi connectivity index (χ0n) is 9.70. The van der Waals surface area contributed by atoms with E-state index in [9.17, 15) is 0 Å². The molecule has 0 spiro atoms. The molecule has 1 aliphatic rings. The van der Waals surface area contributed by atoms with Crippen LogP contribution in [0.15, 0.2) is 18.2 Å². The van der Waals surface area contributed by atoms with Gasteiger partial charge in [-0.1, -0.05) is 19.9 Å². The summed E-state index contributed by atoms with van der Waals surface area (Å²) >= 11 is 5.85. The Bertz CT molecular complexity index is 363. The van der Waals surface area contributed by atoms with Crippen molar-refractivity contribution >= 4 is 11.6 Å². The molecule has 0 saturated heterocycles. The highest BCUT2D eigenvalue weighted by Gasteiger charge is 2.19. The summed E-state index contributed by atoms with van der Waals surface area (Å²) in [6.45, 7) is 4.78. The van der Waals surface area contributed by atoms with Crippen molar-refractivity contribution in [1.29, 1.82) is 0 Å². The van der Waals surface area contributed by atoms with Gasteiger partial charge >= 0.3 is 0 Å². The second-order valence-corrected chi connectivity index (χ2v) is 4.82. The Balaban J connectivity index is 2.24. The SMILES string of the molecule is CC(C)C(CCCl)c1ccc2c(c1)OCO2. The molecule has 0 aliphatic carbocycles. The molecule has 1 aliphatic heterocycles. The molecule has 0 fully saturated rings. The molecular weight excluding hydrogens is 224 g/mol. The number of hydrogen-bond acceptors (Lipinski definition) is 2. The van der Waals surface area contributed by atoms with E-state index in [1.54, 1.807) is 0 Å². The summed E-state index contributed by atoms with van der Waals surface area (Å²) < 4.78 is 10.7. The lowest BCUT2D eigenvalue weighted by Crippen LogP contribution is -2.07. The van der Waals surface area contributed by atoms with Crippen LogP contribution in [0.3, 0.4) is 0 Å². The van der Waals surface area contributed by atoms with E-state index in [-0.39, 0.29) is 0 Å². The monoisotopic (exact) mass is 240 g/mol. The van der Waals surface area contributed by atoms with E-state index < -0.39 is 0 Å². The normalized spacial score (nSPS) is 15.5. The smallest absolute Gasteiger partial charge is 0.231 e. The van der Waals surface area contributed by atoms with Gasteiger partial charge in [0.25, 0.3) is 0 Å². The molecule has 0 aromatic heterocycles. The Hall–Kier alpha value is -0.890. The second kappa shape index (κ2) is 4.96. The van der Waals surface area contributed by atoms with Gasteiger partial charge in [0.05, 0.1) is 0 Å². The topological polar surface area (TPSA) is 18.5 Å². The van der Waals surface area contributed by atoms with Crippen LogP contribution in [0.1, 0.15) is 31.7 Å².